The maximum absolute atomic E-state index is 5.96. The van der Waals surface area contributed by atoms with Gasteiger partial charge in [-0.15, -0.1) is 11.6 Å². The molecule has 0 aliphatic carbocycles. The summed E-state index contributed by atoms with van der Waals surface area (Å²) >= 11 is 5.96. The first-order chi connectivity index (χ1) is 9.22. The first kappa shape index (κ1) is 14.6. The Balaban J connectivity index is 2.06. The maximum atomic E-state index is 5.96. The molecule has 1 aliphatic heterocycles. The fourth-order valence-corrected chi connectivity index (χ4v) is 2.65. The number of hydrogen-bond donors (Lipinski definition) is 0. The number of alkyl halides is 1. The summed E-state index contributed by atoms with van der Waals surface area (Å²) in [5.74, 6) is 2.31. The van der Waals surface area contributed by atoms with E-state index < -0.39 is 0 Å². The number of aromatic nitrogens is 1. The predicted molar refractivity (Wildman–Crippen MR) is 80.0 cm³/mol. The van der Waals surface area contributed by atoms with E-state index in [4.69, 9.17) is 21.3 Å². The van der Waals surface area contributed by atoms with E-state index in [0.717, 1.165) is 56.1 Å². The summed E-state index contributed by atoms with van der Waals surface area (Å²) in [4.78, 5) is 6.96. The molecule has 0 spiro atoms. The van der Waals surface area contributed by atoms with E-state index in [9.17, 15) is 0 Å². The van der Waals surface area contributed by atoms with Crippen LogP contribution in [0.25, 0.3) is 0 Å². The molecule has 4 heteroatoms. The van der Waals surface area contributed by atoms with Crippen LogP contribution in [0.1, 0.15) is 31.0 Å². The van der Waals surface area contributed by atoms with E-state index in [1.807, 2.05) is 0 Å². The normalized spacial score (nSPS) is 16.6. The predicted octanol–water partition coefficient (Wildman–Crippen LogP) is 3.25. The van der Waals surface area contributed by atoms with Gasteiger partial charge in [-0.25, -0.2) is 4.98 Å². The molecule has 0 N–H and O–H groups in total. The van der Waals surface area contributed by atoms with Crippen LogP contribution in [0, 0.1) is 5.92 Å². The first-order valence-corrected chi connectivity index (χ1v) is 7.61. The average molecular weight is 283 g/mol. The van der Waals surface area contributed by atoms with Crippen LogP contribution < -0.4 is 4.90 Å². The molecule has 0 radical (unpaired) electrons. The van der Waals surface area contributed by atoms with Crippen LogP contribution in [0.2, 0.25) is 0 Å². The van der Waals surface area contributed by atoms with Crippen molar-refractivity contribution in [2.45, 2.75) is 32.1 Å². The van der Waals surface area contributed by atoms with Gasteiger partial charge in [0, 0.05) is 38.4 Å². The lowest BCUT2D eigenvalue weighted by molar-refractivity contribution is 0.0685. The second-order valence-electron chi connectivity index (χ2n) is 5.25. The Labute approximate surface area is 120 Å². The number of nitrogens with zero attached hydrogens (tertiary/aromatic N) is 2. The molecule has 106 valence electrons. The molecule has 0 aromatic carbocycles. The van der Waals surface area contributed by atoms with Crippen molar-refractivity contribution in [3.8, 4) is 0 Å². The van der Waals surface area contributed by atoms with E-state index in [0.29, 0.717) is 11.8 Å². The number of anilines is 1. The minimum absolute atomic E-state index is 0.549. The molecule has 1 saturated heterocycles. The molecule has 2 heterocycles. The molecule has 3 nitrogen and oxygen atoms in total. The van der Waals surface area contributed by atoms with Crippen molar-refractivity contribution >= 4 is 17.4 Å². The van der Waals surface area contributed by atoms with Gasteiger partial charge in [0.25, 0.3) is 0 Å². The van der Waals surface area contributed by atoms with Crippen molar-refractivity contribution in [2.24, 2.45) is 5.92 Å². The second kappa shape index (κ2) is 7.11. The second-order valence-corrected chi connectivity index (χ2v) is 5.52. The van der Waals surface area contributed by atoms with Crippen LogP contribution in [0.15, 0.2) is 12.1 Å². The van der Waals surface area contributed by atoms with Gasteiger partial charge in [0.2, 0.25) is 0 Å². The highest BCUT2D eigenvalue weighted by atomic mass is 35.5. The molecule has 0 atom stereocenters. The topological polar surface area (TPSA) is 25.4 Å². The zero-order valence-corrected chi connectivity index (χ0v) is 12.6. The van der Waals surface area contributed by atoms with E-state index in [1.54, 1.807) is 0 Å². The number of halogens is 1. The number of hydrogen-bond acceptors (Lipinski definition) is 3. The highest BCUT2D eigenvalue weighted by Crippen LogP contribution is 2.21. The summed E-state index contributed by atoms with van der Waals surface area (Å²) in [6.45, 7) is 4.97. The van der Waals surface area contributed by atoms with Crippen LogP contribution in [0.5, 0.6) is 0 Å². The monoisotopic (exact) mass is 282 g/mol. The summed E-state index contributed by atoms with van der Waals surface area (Å²) in [7, 11) is 2.12. The zero-order valence-electron chi connectivity index (χ0n) is 11.9. The van der Waals surface area contributed by atoms with Crippen molar-refractivity contribution < 1.29 is 4.74 Å². The third-order valence-corrected chi connectivity index (χ3v) is 4.01. The summed E-state index contributed by atoms with van der Waals surface area (Å²) < 4.78 is 5.41. The first-order valence-electron chi connectivity index (χ1n) is 7.07. The smallest absolute Gasteiger partial charge is 0.128 e. The number of rotatable bonds is 5. The van der Waals surface area contributed by atoms with Gasteiger partial charge in [0.1, 0.15) is 5.82 Å². The molecule has 2 rings (SSSR count). The van der Waals surface area contributed by atoms with Gasteiger partial charge < -0.3 is 9.64 Å². The summed E-state index contributed by atoms with van der Waals surface area (Å²) in [5, 5.41) is 0. The number of pyridine rings is 1. The summed E-state index contributed by atoms with van der Waals surface area (Å²) in [6.07, 6.45) is 3.25. The van der Waals surface area contributed by atoms with Crippen molar-refractivity contribution in [2.75, 3.05) is 31.7 Å². The molecule has 19 heavy (non-hydrogen) atoms. The third kappa shape index (κ3) is 4.08. The Morgan fingerprint density at radius 3 is 2.74 bits per heavy atom. The van der Waals surface area contributed by atoms with Gasteiger partial charge in [0.05, 0.1) is 0 Å². The molecule has 1 aromatic rings. The number of aryl methyl sites for hydroxylation is 1. The molecule has 1 fully saturated rings. The minimum Gasteiger partial charge on any atom is -0.381 e. The Kier molecular flexibility index (Phi) is 5.46. The summed E-state index contributed by atoms with van der Waals surface area (Å²) in [5.41, 5.74) is 2.27. The standard InChI is InChI=1S/C15H23ClN2O/c1-3-14-8-13(10-16)9-15(17-14)18(2)11-12-4-6-19-7-5-12/h8-9,12H,3-7,10-11H2,1-2H3. The van der Waals surface area contributed by atoms with Crippen molar-refractivity contribution in [3.63, 3.8) is 0 Å². The largest absolute Gasteiger partial charge is 0.381 e. The fraction of sp³-hybridized carbons (Fsp3) is 0.667. The Bertz CT molecular complexity index is 383. The third-order valence-electron chi connectivity index (χ3n) is 3.71. The molecule has 0 saturated carbocycles. The van der Waals surface area contributed by atoms with E-state index >= 15 is 0 Å². The summed E-state index contributed by atoms with van der Waals surface area (Å²) in [6, 6.07) is 4.20. The van der Waals surface area contributed by atoms with Crippen LogP contribution in [-0.2, 0) is 17.0 Å². The average Bonchev–Trinajstić information content (AvgIpc) is 2.47. The Morgan fingerprint density at radius 2 is 2.11 bits per heavy atom. The van der Waals surface area contributed by atoms with E-state index in [2.05, 4.69) is 31.0 Å². The Hall–Kier alpha value is -0.800. The van der Waals surface area contributed by atoms with Gasteiger partial charge >= 0.3 is 0 Å². The lowest BCUT2D eigenvalue weighted by atomic mass is 10.00. The highest BCUT2D eigenvalue weighted by molar-refractivity contribution is 6.17. The van der Waals surface area contributed by atoms with Gasteiger partial charge in [-0.05, 0) is 42.9 Å². The maximum Gasteiger partial charge on any atom is 0.128 e. The van der Waals surface area contributed by atoms with Gasteiger partial charge in [0.15, 0.2) is 0 Å². The van der Waals surface area contributed by atoms with Crippen LogP contribution >= 0.6 is 11.6 Å². The fourth-order valence-electron chi connectivity index (χ4n) is 2.50. The van der Waals surface area contributed by atoms with Gasteiger partial charge in [-0.2, -0.15) is 0 Å². The minimum atomic E-state index is 0.549. The van der Waals surface area contributed by atoms with Crippen molar-refractivity contribution in [1.29, 1.82) is 0 Å². The molecule has 0 bridgehead atoms. The molecular weight excluding hydrogens is 260 g/mol. The van der Waals surface area contributed by atoms with Crippen molar-refractivity contribution in [3.05, 3.63) is 23.4 Å². The molecule has 1 aromatic heterocycles. The van der Waals surface area contributed by atoms with E-state index in [-0.39, 0.29) is 0 Å². The lowest BCUT2D eigenvalue weighted by Crippen LogP contribution is -2.30. The highest BCUT2D eigenvalue weighted by Gasteiger charge is 2.17. The quantitative estimate of drug-likeness (QED) is 0.775. The zero-order chi connectivity index (χ0) is 13.7. The Morgan fingerprint density at radius 1 is 1.37 bits per heavy atom. The molecular formula is C15H23ClN2O. The van der Waals surface area contributed by atoms with Gasteiger partial charge in [-0.3, -0.25) is 0 Å². The van der Waals surface area contributed by atoms with Crippen LogP contribution in [0.3, 0.4) is 0 Å². The number of ether oxygens (including phenoxy) is 1. The van der Waals surface area contributed by atoms with E-state index in [1.165, 1.54) is 0 Å². The SMILES string of the molecule is CCc1cc(CCl)cc(N(C)CC2CCOCC2)n1. The van der Waals surface area contributed by atoms with Crippen molar-refractivity contribution in [1.82, 2.24) is 4.98 Å². The molecule has 0 amide bonds. The molecule has 1 aliphatic rings. The molecule has 0 unspecified atom stereocenters. The van der Waals surface area contributed by atoms with Crippen LogP contribution in [0.4, 0.5) is 5.82 Å². The van der Waals surface area contributed by atoms with Gasteiger partial charge in [-0.1, -0.05) is 6.92 Å². The lowest BCUT2D eigenvalue weighted by Gasteiger charge is -2.28. The van der Waals surface area contributed by atoms with Crippen LogP contribution in [-0.4, -0.2) is 31.8 Å².